The minimum absolute atomic E-state index is 0.500. The molecule has 0 aromatic rings. The molecule has 1 rings (SSSR count). The molecule has 7 heteroatoms. The van der Waals surface area contributed by atoms with Crippen LogP contribution in [0.4, 0.5) is 0 Å². The fourth-order valence-corrected chi connectivity index (χ4v) is 0.321. The molecule has 0 unspecified atom stereocenters. The molecule has 1 heterocycles. The Morgan fingerprint density at radius 1 is 1.33 bits per heavy atom. The lowest BCUT2D eigenvalue weighted by atomic mass is 10.6. The number of carbonyl (C=O) groups excluding carboxylic acids is 1. The molecule has 0 aromatic carbocycles. The topological polar surface area (TPSA) is 114 Å². The molecule has 6 nitrogen and oxygen atoms in total. The Bertz CT molecular complexity index is 165. The monoisotopic (exact) mass is 194 g/mol. The van der Waals surface area contributed by atoms with Crippen LogP contribution in [0.15, 0.2) is 24.6 Å². The minimum atomic E-state index is -2.87. The number of nitrogens with two attached hydrogens (primary N) is 1. The van der Waals surface area contributed by atoms with Crippen molar-refractivity contribution < 1.29 is 29.6 Å². The standard InChI is InChI=1S/C4H5N.CH2O2.HO3P/c1-2-4-5-3-1;2-1-3;1-4(2)3/h1-5H;1H,(H,2,3);(H-,1,2,3)/p+1. The van der Waals surface area contributed by atoms with Crippen LogP contribution in [0.1, 0.15) is 0 Å². The molecular weight excluding hydrogens is 185 g/mol. The van der Waals surface area contributed by atoms with Crippen LogP contribution in [-0.4, -0.2) is 16.3 Å². The number of rotatable bonds is 0. The maximum Gasteiger partial charge on any atom is 0.692 e. The molecule has 0 fully saturated rings. The highest BCUT2D eigenvalue weighted by Crippen LogP contribution is 1.98. The van der Waals surface area contributed by atoms with E-state index in [0.717, 1.165) is 0 Å². The van der Waals surface area contributed by atoms with Crippen molar-refractivity contribution in [1.82, 2.24) is 0 Å². The van der Waals surface area contributed by atoms with Gasteiger partial charge in [-0.2, -0.15) is 0 Å². The minimum Gasteiger partial charge on any atom is -0.554 e. The second-order valence-electron chi connectivity index (χ2n) is 1.31. The summed E-state index contributed by atoms with van der Waals surface area (Å²) in [6.07, 6.45) is 8.00. The molecule has 0 aromatic heterocycles. The number of hydrogen-bond donors (Lipinski definition) is 3. The van der Waals surface area contributed by atoms with Crippen LogP contribution < -0.4 is 10.4 Å². The maximum absolute atomic E-state index is 8.70. The fraction of sp³-hybridized carbons (Fsp3) is 0. The van der Waals surface area contributed by atoms with E-state index in [2.05, 4.69) is 0 Å². The van der Waals surface area contributed by atoms with E-state index in [4.69, 9.17) is 24.3 Å². The molecule has 0 radical (unpaired) electrons. The van der Waals surface area contributed by atoms with E-state index in [9.17, 15) is 0 Å². The van der Waals surface area contributed by atoms with Gasteiger partial charge in [0.2, 0.25) is 0 Å². The molecule has 0 amide bonds. The number of hydrogen-bond acceptors (Lipinski definition) is 3. The van der Waals surface area contributed by atoms with E-state index in [1.165, 1.54) is 0 Å². The summed E-state index contributed by atoms with van der Waals surface area (Å²) in [5.41, 5.74) is 0. The Morgan fingerprint density at radius 3 is 1.67 bits per heavy atom. The highest BCUT2D eigenvalue weighted by molar-refractivity contribution is 7.30. The van der Waals surface area contributed by atoms with Crippen LogP contribution in [0.3, 0.4) is 0 Å². The third kappa shape index (κ3) is 36.4. The first-order valence-electron chi connectivity index (χ1n) is 2.72. The summed E-state index contributed by atoms with van der Waals surface area (Å²) in [7, 11) is -2.87. The van der Waals surface area contributed by atoms with E-state index in [1.54, 1.807) is 0 Å². The number of quaternary nitrogens is 1. The van der Waals surface area contributed by atoms with Crippen LogP contribution in [0, 0.1) is 0 Å². The van der Waals surface area contributed by atoms with Gasteiger partial charge in [-0.05, 0) is 12.2 Å². The van der Waals surface area contributed by atoms with Crippen molar-refractivity contribution in [3.05, 3.63) is 24.6 Å². The van der Waals surface area contributed by atoms with E-state index >= 15 is 0 Å². The van der Waals surface area contributed by atoms with Crippen molar-refractivity contribution >= 4 is 14.7 Å². The van der Waals surface area contributed by atoms with Gasteiger partial charge in [0.25, 0.3) is 0 Å². The lowest BCUT2D eigenvalue weighted by Gasteiger charge is -1.61. The van der Waals surface area contributed by atoms with Crippen molar-refractivity contribution in [1.29, 1.82) is 0 Å². The van der Waals surface area contributed by atoms with Gasteiger partial charge in [-0.1, -0.05) is 0 Å². The Kier molecular flexibility index (Phi) is 14.2. The molecule has 12 heavy (non-hydrogen) atoms. The van der Waals surface area contributed by atoms with Crippen molar-refractivity contribution in [2.75, 3.05) is 0 Å². The van der Waals surface area contributed by atoms with Crippen molar-refractivity contribution in [3.63, 3.8) is 0 Å². The molecule has 4 N–H and O–H groups in total. The van der Waals surface area contributed by atoms with E-state index in [1.807, 2.05) is 29.9 Å². The average molecular weight is 194 g/mol. The van der Waals surface area contributed by atoms with E-state index < -0.39 is 14.7 Å². The zero-order chi connectivity index (χ0) is 9.82. The van der Waals surface area contributed by atoms with Crippen LogP contribution in [0.5, 0.6) is 0 Å². The average Bonchev–Trinajstić information content (AvgIpc) is 2.40. The van der Waals surface area contributed by atoms with Gasteiger partial charge < -0.3 is 9.90 Å². The highest BCUT2D eigenvalue weighted by Gasteiger charge is 1.93. The fourth-order valence-electron chi connectivity index (χ4n) is 0.321. The predicted octanol–water partition coefficient (Wildman–Crippen LogP) is -2.41. The lowest BCUT2D eigenvalue weighted by Crippen LogP contribution is -2.69. The highest BCUT2D eigenvalue weighted by atomic mass is 31.1. The Hall–Kier alpha value is -1.07. The number of allylic oxidation sites excluding steroid dienone is 2. The molecule has 1 aliphatic heterocycles. The smallest absolute Gasteiger partial charge is 0.554 e. The second-order valence-corrected chi connectivity index (χ2v) is 1.82. The molecule has 0 aliphatic carbocycles. The first kappa shape index (κ1) is 13.5. The molecule has 0 saturated heterocycles. The lowest BCUT2D eigenvalue weighted by molar-refractivity contribution is -0.510. The summed E-state index contributed by atoms with van der Waals surface area (Å²) in [4.78, 5) is 22.5. The normalized spacial score (nSPS) is 10.5. The van der Waals surface area contributed by atoms with Crippen molar-refractivity contribution in [2.24, 2.45) is 0 Å². The van der Waals surface area contributed by atoms with Crippen LogP contribution in [0.25, 0.3) is 0 Å². The molecule has 0 spiro atoms. The molecule has 0 saturated carbocycles. The first-order valence-corrected chi connectivity index (χ1v) is 3.89. The largest absolute Gasteiger partial charge is 0.692 e. The Labute approximate surface area is 69.8 Å². The zero-order valence-corrected chi connectivity index (χ0v) is 6.92. The van der Waals surface area contributed by atoms with Crippen molar-refractivity contribution in [2.45, 2.75) is 0 Å². The van der Waals surface area contributed by atoms with Gasteiger partial charge in [0.1, 0.15) is 0 Å². The van der Waals surface area contributed by atoms with E-state index in [-0.39, 0.29) is 0 Å². The summed E-state index contributed by atoms with van der Waals surface area (Å²) in [6, 6.07) is 0. The summed E-state index contributed by atoms with van der Waals surface area (Å²) < 4.78 is 8.70. The Balaban J connectivity index is 0. The number of carboxylic acid groups (broad SMARTS) is 1. The zero-order valence-electron chi connectivity index (χ0n) is 6.03. The summed E-state index contributed by atoms with van der Waals surface area (Å²) in [6.45, 7) is -0.500. The summed E-state index contributed by atoms with van der Waals surface area (Å²) in [5, 5.41) is 10.2. The van der Waals surface area contributed by atoms with Gasteiger partial charge in [-0.25, -0.2) is 0 Å². The second kappa shape index (κ2) is 12.6. The van der Waals surface area contributed by atoms with Gasteiger partial charge in [-0.3, -0.25) is 5.32 Å². The van der Waals surface area contributed by atoms with Gasteiger partial charge in [-0.15, -0.1) is 9.79 Å². The predicted molar refractivity (Wildman–Crippen MR) is 38.3 cm³/mol. The molecule has 68 valence electrons. The summed E-state index contributed by atoms with van der Waals surface area (Å²) in [5.74, 6) is 0. The first-order chi connectivity index (χ1) is 5.65. The maximum atomic E-state index is 8.70. The Morgan fingerprint density at radius 2 is 1.58 bits per heavy atom. The van der Waals surface area contributed by atoms with Crippen molar-refractivity contribution in [3.8, 4) is 0 Å². The van der Waals surface area contributed by atoms with E-state index in [0.29, 0.717) is 0 Å². The van der Waals surface area contributed by atoms with Gasteiger partial charge in [0.15, 0.2) is 0 Å². The van der Waals surface area contributed by atoms with Crippen LogP contribution in [0.2, 0.25) is 0 Å². The molecule has 0 bridgehead atoms. The summed E-state index contributed by atoms with van der Waals surface area (Å²) >= 11 is 0. The van der Waals surface area contributed by atoms with Crippen LogP contribution in [-0.2, 0) is 9.36 Å². The van der Waals surface area contributed by atoms with Crippen LogP contribution >= 0.6 is 8.25 Å². The quantitative estimate of drug-likeness (QED) is 0.293. The third-order valence-corrected chi connectivity index (χ3v) is 0.556. The third-order valence-electron chi connectivity index (χ3n) is 0.556. The van der Waals surface area contributed by atoms with Gasteiger partial charge >= 0.3 is 8.25 Å². The van der Waals surface area contributed by atoms with Gasteiger partial charge in [0, 0.05) is 11.0 Å². The van der Waals surface area contributed by atoms with Gasteiger partial charge in [0.05, 0.1) is 12.4 Å². The molecule has 1 aliphatic rings. The SMILES string of the molecule is C1=C[NH2+]C=C1.O=C[O-].O=[P+](O)O. The molecule has 0 atom stereocenters. The molecular formula is C5H9NO5P+. The number of carbonyl (C=O) groups is 1.